The third-order valence-corrected chi connectivity index (χ3v) is 7.62. The molecule has 0 radical (unpaired) electrons. The molecule has 1 aliphatic carbocycles. The van der Waals surface area contributed by atoms with Crippen LogP contribution in [0.5, 0.6) is 0 Å². The molecule has 2 fully saturated rings. The minimum absolute atomic E-state index is 0.127. The first-order chi connectivity index (χ1) is 17.9. The zero-order valence-electron chi connectivity index (χ0n) is 21.3. The number of carbonyl (C=O) groups excluding carboxylic acids is 2. The molecule has 1 aromatic heterocycles. The Bertz CT molecular complexity index is 1320. The summed E-state index contributed by atoms with van der Waals surface area (Å²) >= 11 is 0. The van der Waals surface area contributed by atoms with Crippen molar-refractivity contribution >= 4 is 23.2 Å². The van der Waals surface area contributed by atoms with Gasteiger partial charge in [-0.3, -0.25) is 9.47 Å². The molecule has 196 valence electrons. The summed E-state index contributed by atoms with van der Waals surface area (Å²) in [6.07, 6.45) is 3.73. The summed E-state index contributed by atoms with van der Waals surface area (Å²) < 4.78 is 8.08. The first kappa shape index (κ1) is 25.1. The van der Waals surface area contributed by atoms with Crippen LogP contribution in [0.1, 0.15) is 55.3 Å². The number of hydrogen-bond acceptors (Lipinski definition) is 5. The van der Waals surface area contributed by atoms with Gasteiger partial charge in [0.1, 0.15) is 0 Å². The SMILES string of the molecule is Cc1ccc(C(CCOC(N)=O)N2CCC(CNC(=O)n3c(=O)n(C4CC4)c4ccccc43)CC2)cc1. The van der Waals surface area contributed by atoms with Gasteiger partial charge >= 0.3 is 17.8 Å². The van der Waals surface area contributed by atoms with Crippen molar-refractivity contribution in [3.05, 3.63) is 70.1 Å². The van der Waals surface area contributed by atoms with E-state index in [0.717, 1.165) is 44.3 Å². The summed E-state index contributed by atoms with van der Waals surface area (Å²) in [5.41, 5.74) is 8.78. The van der Waals surface area contributed by atoms with Gasteiger partial charge in [0.25, 0.3) is 0 Å². The molecule has 1 unspecified atom stereocenters. The van der Waals surface area contributed by atoms with Gasteiger partial charge in [-0.2, -0.15) is 0 Å². The summed E-state index contributed by atoms with van der Waals surface area (Å²) in [4.78, 5) is 39.7. The van der Waals surface area contributed by atoms with Crippen LogP contribution in [0, 0.1) is 12.8 Å². The average Bonchev–Trinajstić information content (AvgIpc) is 3.68. The molecule has 1 saturated carbocycles. The highest BCUT2D eigenvalue weighted by atomic mass is 16.5. The third kappa shape index (κ3) is 5.56. The Morgan fingerprint density at radius 2 is 1.70 bits per heavy atom. The highest BCUT2D eigenvalue weighted by Crippen LogP contribution is 2.36. The van der Waals surface area contributed by atoms with Crippen LogP contribution in [-0.4, -0.2) is 52.4 Å². The van der Waals surface area contributed by atoms with E-state index in [1.54, 1.807) is 4.57 Å². The number of primary amides is 1. The normalized spacial score (nSPS) is 17.5. The second kappa shape index (κ2) is 10.8. The fraction of sp³-hybridized carbons (Fsp3) is 0.464. The lowest BCUT2D eigenvalue weighted by Crippen LogP contribution is -2.43. The zero-order valence-corrected chi connectivity index (χ0v) is 21.3. The number of nitrogens with one attached hydrogen (secondary N) is 1. The minimum Gasteiger partial charge on any atom is -0.450 e. The van der Waals surface area contributed by atoms with E-state index in [1.807, 2.05) is 24.3 Å². The van der Waals surface area contributed by atoms with Crippen molar-refractivity contribution < 1.29 is 14.3 Å². The summed E-state index contributed by atoms with van der Waals surface area (Å²) in [5, 5.41) is 3.02. The number of hydrogen-bond donors (Lipinski definition) is 2. The van der Waals surface area contributed by atoms with Crippen LogP contribution in [-0.2, 0) is 4.74 Å². The number of amides is 2. The number of benzene rings is 2. The molecule has 2 amide bonds. The molecule has 9 heteroatoms. The van der Waals surface area contributed by atoms with Crippen molar-refractivity contribution in [1.29, 1.82) is 0 Å². The van der Waals surface area contributed by atoms with Gasteiger partial charge in [0.15, 0.2) is 0 Å². The lowest BCUT2D eigenvalue weighted by molar-refractivity contribution is 0.0996. The predicted octanol–water partition coefficient (Wildman–Crippen LogP) is 3.94. The van der Waals surface area contributed by atoms with Crippen LogP contribution in [0.25, 0.3) is 11.0 Å². The number of imidazole rings is 1. The van der Waals surface area contributed by atoms with Gasteiger partial charge in [0.2, 0.25) is 0 Å². The molecular weight excluding hydrogens is 470 g/mol. The van der Waals surface area contributed by atoms with Gasteiger partial charge < -0.3 is 15.8 Å². The maximum absolute atomic E-state index is 13.1. The maximum atomic E-state index is 13.1. The summed E-state index contributed by atoms with van der Waals surface area (Å²) in [6, 6.07) is 15.9. The van der Waals surface area contributed by atoms with Crippen molar-refractivity contribution in [3.63, 3.8) is 0 Å². The molecule has 0 bridgehead atoms. The van der Waals surface area contributed by atoms with Crippen LogP contribution < -0.4 is 16.7 Å². The smallest absolute Gasteiger partial charge is 0.404 e. The lowest BCUT2D eigenvalue weighted by Gasteiger charge is -2.38. The molecule has 9 nitrogen and oxygen atoms in total. The Morgan fingerprint density at radius 3 is 2.35 bits per heavy atom. The molecule has 2 heterocycles. The van der Waals surface area contributed by atoms with Gasteiger partial charge in [-0.05, 0) is 69.3 Å². The molecule has 3 N–H and O–H groups in total. The number of likely N-dealkylation sites (tertiary alicyclic amines) is 1. The maximum Gasteiger partial charge on any atom is 0.404 e. The van der Waals surface area contributed by atoms with E-state index in [4.69, 9.17) is 10.5 Å². The van der Waals surface area contributed by atoms with Gasteiger partial charge in [-0.25, -0.2) is 19.0 Å². The van der Waals surface area contributed by atoms with Crippen molar-refractivity contribution in [2.45, 2.75) is 51.1 Å². The molecule has 1 saturated heterocycles. The van der Waals surface area contributed by atoms with Crippen LogP contribution in [0.2, 0.25) is 0 Å². The number of nitrogens with two attached hydrogens (primary N) is 1. The van der Waals surface area contributed by atoms with Gasteiger partial charge in [0, 0.05) is 25.0 Å². The van der Waals surface area contributed by atoms with E-state index in [9.17, 15) is 14.4 Å². The van der Waals surface area contributed by atoms with E-state index in [1.165, 1.54) is 15.7 Å². The molecule has 2 aromatic carbocycles. The monoisotopic (exact) mass is 505 g/mol. The number of para-hydroxylation sites is 2. The van der Waals surface area contributed by atoms with Crippen molar-refractivity contribution in [2.75, 3.05) is 26.2 Å². The standard InChI is InChI=1S/C28H35N5O4/c1-19-6-8-21(9-7-19)23(14-17-37-26(29)34)31-15-12-20(13-16-31)18-30-27(35)33-25-5-3-2-4-24(25)32(28(33)36)22-10-11-22/h2-9,20,22-23H,10-18H2,1H3,(H2,29,34)(H,30,35). The lowest BCUT2D eigenvalue weighted by atomic mass is 9.93. The van der Waals surface area contributed by atoms with E-state index >= 15 is 0 Å². The third-order valence-electron chi connectivity index (χ3n) is 7.62. The largest absolute Gasteiger partial charge is 0.450 e. The molecule has 1 aliphatic heterocycles. The van der Waals surface area contributed by atoms with E-state index in [-0.39, 0.29) is 30.4 Å². The second-order valence-electron chi connectivity index (χ2n) is 10.3. The Hall–Kier alpha value is -3.59. The minimum atomic E-state index is -0.753. The van der Waals surface area contributed by atoms with Crippen molar-refractivity contribution in [3.8, 4) is 0 Å². The van der Waals surface area contributed by atoms with E-state index < -0.39 is 6.09 Å². The van der Waals surface area contributed by atoms with Crippen molar-refractivity contribution in [1.82, 2.24) is 19.4 Å². The van der Waals surface area contributed by atoms with Gasteiger partial charge in [-0.1, -0.05) is 42.0 Å². The van der Waals surface area contributed by atoms with Crippen LogP contribution in [0.4, 0.5) is 9.59 Å². The fourth-order valence-corrected chi connectivity index (χ4v) is 5.45. The Labute approximate surface area is 216 Å². The van der Waals surface area contributed by atoms with Gasteiger partial charge in [0.05, 0.1) is 17.6 Å². The highest BCUT2D eigenvalue weighted by Gasteiger charge is 2.31. The van der Waals surface area contributed by atoms with Crippen LogP contribution in [0.3, 0.4) is 0 Å². The van der Waals surface area contributed by atoms with Crippen LogP contribution >= 0.6 is 0 Å². The van der Waals surface area contributed by atoms with E-state index in [0.29, 0.717) is 24.4 Å². The number of aromatic nitrogens is 2. The summed E-state index contributed by atoms with van der Waals surface area (Å²) in [5.74, 6) is 0.327. The Kier molecular flexibility index (Phi) is 7.32. The molecule has 3 aromatic rings. The van der Waals surface area contributed by atoms with E-state index in [2.05, 4.69) is 41.4 Å². The molecule has 0 spiro atoms. The number of nitrogens with zero attached hydrogens (tertiary/aromatic N) is 3. The number of ether oxygens (including phenoxy) is 1. The fourth-order valence-electron chi connectivity index (χ4n) is 5.45. The number of rotatable bonds is 8. The Balaban J connectivity index is 1.20. The summed E-state index contributed by atoms with van der Waals surface area (Å²) in [6.45, 7) is 4.61. The summed E-state index contributed by atoms with van der Waals surface area (Å²) in [7, 11) is 0. The van der Waals surface area contributed by atoms with Crippen molar-refractivity contribution in [2.24, 2.45) is 11.7 Å². The quantitative estimate of drug-likeness (QED) is 0.482. The molecule has 1 atom stereocenters. The van der Waals surface area contributed by atoms with Gasteiger partial charge in [-0.15, -0.1) is 0 Å². The molecule has 37 heavy (non-hydrogen) atoms. The number of piperidine rings is 1. The highest BCUT2D eigenvalue weighted by molar-refractivity contribution is 5.89. The molecule has 2 aliphatic rings. The predicted molar refractivity (Wildman–Crippen MR) is 142 cm³/mol. The Morgan fingerprint density at radius 1 is 1.03 bits per heavy atom. The second-order valence-corrected chi connectivity index (χ2v) is 10.3. The molecule has 5 rings (SSSR count). The number of carbonyl (C=O) groups is 2. The number of aryl methyl sites for hydroxylation is 1. The average molecular weight is 506 g/mol. The first-order valence-corrected chi connectivity index (χ1v) is 13.2. The topological polar surface area (TPSA) is 112 Å². The zero-order chi connectivity index (χ0) is 25.9. The number of fused-ring (bicyclic) bond motifs is 1. The first-order valence-electron chi connectivity index (χ1n) is 13.2. The van der Waals surface area contributed by atoms with Crippen LogP contribution in [0.15, 0.2) is 53.3 Å². The molecular formula is C28H35N5O4.